The van der Waals surface area contributed by atoms with Crippen LogP contribution in [0.2, 0.25) is 0 Å². The minimum Gasteiger partial charge on any atom is -0.334 e. The molecule has 0 radical (unpaired) electrons. The minimum atomic E-state index is -3.18. The summed E-state index contributed by atoms with van der Waals surface area (Å²) in [5.41, 5.74) is 0.750. The number of fused-ring (bicyclic) bond motifs is 1. The Labute approximate surface area is 128 Å². The maximum atomic E-state index is 12.1. The van der Waals surface area contributed by atoms with E-state index in [1.807, 2.05) is 19.9 Å². The Kier molecular flexibility index (Phi) is 4.76. The van der Waals surface area contributed by atoms with Crippen LogP contribution >= 0.6 is 22.9 Å². The second-order valence-corrected chi connectivity index (χ2v) is 8.85. The van der Waals surface area contributed by atoms with Gasteiger partial charge in [0.25, 0.3) is 0 Å². The molecular formula is C13H18ClNO3S2. The number of carbonyl (C=O) groups excluding carboxylic acids is 1. The molecule has 1 aromatic heterocycles. The first-order chi connectivity index (χ1) is 9.36. The molecule has 1 aliphatic rings. The number of rotatable bonds is 4. The van der Waals surface area contributed by atoms with Gasteiger partial charge in [0.05, 0.1) is 11.8 Å². The monoisotopic (exact) mass is 335 g/mol. The molecule has 0 aliphatic carbocycles. The molecule has 0 fully saturated rings. The third-order valence-corrected chi connectivity index (χ3v) is 6.91. The summed E-state index contributed by atoms with van der Waals surface area (Å²) in [6.45, 7) is 4.65. The van der Waals surface area contributed by atoms with Crippen LogP contribution < -0.4 is 0 Å². The molecule has 20 heavy (non-hydrogen) atoms. The van der Waals surface area contributed by atoms with E-state index >= 15 is 0 Å². The molecule has 4 nitrogen and oxygen atoms in total. The van der Waals surface area contributed by atoms with Crippen LogP contribution in [0.15, 0.2) is 15.7 Å². The molecule has 2 rings (SSSR count). The second-order valence-electron chi connectivity index (χ2n) is 5.36. The first-order valence-electron chi connectivity index (χ1n) is 6.52. The molecular weight excluding hydrogens is 318 g/mol. The van der Waals surface area contributed by atoms with E-state index in [0.717, 1.165) is 5.56 Å². The molecule has 2 heterocycles. The zero-order valence-corrected chi connectivity index (χ0v) is 13.9. The molecule has 0 saturated heterocycles. The van der Waals surface area contributed by atoms with Crippen molar-refractivity contribution in [3.05, 3.63) is 17.0 Å². The Morgan fingerprint density at radius 2 is 2.25 bits per heavy atom. The van der Waals surface area contributed by atoms with Crippen LogP contribution in [-0.2, 0) is 14.6 Å². The lowest BCUT2D eigenvalue weighted by Crippen LogP contribution is -2.40. The van der Waals surface area contributed by atoms with Crippen LogP contribution in [0.4, 0.5) is 0 Å². The highest BCUT2D eigenvalue weighted by atomic mass is 35.5. The molecule has 1 amide bonds. The predicted molar refractivity (Wildman–Crippen MR) is 81.0 cm³/mol. The van der Waals surface area contributed by atoms with Crippen LogP contribution in [0.5, 0.6) is 0 Å². The summed E-state index contributed by atoms with van der Waals surface area (Å²) in [4.78, 5) is 13.8. The van der Waals surface area contributed by atoms with Gasteiger partial charge in [-0.25, -0.2) is 8.42 Å². The maximum absolute atomic E-state index is 12.1. The highest BCUT2D eigenvalue weighted by molar-refractivity contribution is 7.93. The first-order valence-corrected chi connectivity index (χ1v) is 9.59. The van der Waals surface area contributed by atoms with Gasteiger partial charge in [0.15, 0.2) is 9.84 Å². The van der Waals surface area contributed by atoms with Crippen molar-refractivity contribution in [1.82, 2.24) is 4.90 Å². The number of alkyl halides is 1. The highest BCUT2D eigenvalue weighted by Crippen LogP contribution is 2.39. The van der Waals surface area contributed by atoms with E-state index in [2.05, 4.69) is 0 Å². The third-order valence-electron chi connectivity index (χ3n) is 3.33. The number of carbonyl (C=O) groups is 1. The standard InChI is InChI=1S/C13H18ClNO3S2/c1-9(2)8-15(12(16)7-14)11-4-6-20(17,18)13-10(11)3-5-19-13/h3,5,9,11H,4,6-8H2,1-2H3. The Bertz CT molecular complexity index is 595. The van der Waals surface area contributed by atoms with Crippen molar-refractivity contribution in [3.8, 4) is 0 Å². The summed E-state index contributed by atoms with van der Waals surface area (Å²) in [5, 5.41) is 1.78. The summed E-state index contributed by atoms with van der Waals surface area (Å²) in [7, 11) is -3.18. The summed E-state index contributed by atoms with van der Waals surface area (Å²) in [5.74, 6) is 0.190. The van der Waals surface area contributed by atoms with Gasteiger partial charge in [0.1, 0.15) is 10.1 Å². The summed E-state index contributed by atoms with van der Waals surface area (Å²) in [6, 6.07) is 1.64. The zero-order valence-electron chi connectivity index (χ0n) is 11.5. The number of hydrogen-bond acceptors (Lipinski definition) is 4. The topological polar surface area (TPSA) is 54.5 Å². The Hall–Kier alpha value is -0.590. The Morgan fingerprint density at radius 1 is 1.55 bits per heavy atom. The molecule has 1 atom stereocenters. The van der Waals surface area contributed by atoms with Crippen LogP contribution in [-0.4, -0.2) is 37.4 Å². The second kappa shape index (κ2) is 6.03. The normalized spacial score (nSPS) is 20.7. The van der Waals surface area contributed by atoms with Crippen LogP contribution in [0.25, 0.3) is 0 Å². The van der Waals surface area contributed by atoms with Gasteiger partial charge in [-0.2, -0.15) is 0 Å². The van der Waals surface area contributed by atoms with E-state index in [4.69, 9.17) is 11.6 Å². The summed E-state index contributed by atoms with van der Waals surface area (Å²) >= 11 is 6.93. The number of amides is 1. The van der Waals surface area contributed by atoms with Crippen molar-refractivity contribution in [2.75, 3.05) is 18.2 Å². The molecule has 0 saturated carbocycles. The molecule has 0 aromatic carbocycles. The van der Waals surface area contributed by atoms with E-state index < -0.39 is 9.84 Å². The van der Waals surface area contributed by atoms with E-state index in [9.17, 15) is 13.2 Å². The van der Waals surface area contributed by atoms with Gasteiger partial charge >= 0.3 is 0 Å². The largest absolute Gasteiger partial charge is 0.334 e. The fourth-order valence-corrected chi connectivity index (χ4v) is 5.63. The molecule has 1 aromatic rings. The van der Waals surface area contributed by atoms with E-state index in [0.29, 0.717) is 23.1 Å². The third kappa shape index (κ3) is 3.02. The minimum absolute atomic E-state index is 0.0740. The van der Waals surface area contributed by atoms with Gasteiger partial charge in [0.2, 0.25) is 5.91 Å². The SMILES string of the molecule is CC(C)CN(C(=O)CCl)C1CCS(=O)(=O)c2sccc21. The molecule has 1 unspecified atom stereocenters. The van der Waals surface area contributed by atoms with Crippen LogP contribution in [0.1, 0.15) is 31.9 Å². The van der Waals surface area contributed by atoms with Gasteiger partial charge < -0.3 is 4.90 Å². The maximum Gasteiger partial charge on any atom is 0.238 e. The average molecular weight is 336 g/mol. The fraction of sp³-hybridized carbons (Fsp3) is 0.615. The number of thiophene rings is 1. The van der Waals surface area contributed by atoms with Crippen molar-refractivity contribution >= 4 is 38.7 Å². The van der Waals surface area contributed by atoms with Crippen molar-refractivity contribution in [1.29, 1.82) is 0 Å². The zero-order chi connectivity index (χ0) is 14.9. The lowest BCUT2D eigenvalue weighted by molar-refractivity contribution is -0.131. The predicted octanol–water partition coefficient (Wildman–Crippen LogP) is 2.69. The smallest absolute Gasteiger partial charge is 0.238 e. The van der Waals surface area contributed by atoms with Gasteiger partial charge in [-0.05, 0) is 23.8 Å². The van der Waals surface area contributed by atoms with Crippen LogP contribution in [0, 0.1) is 5.92 Å². The van der Waals surface area contributed by atoms with Gasteiger partial charge in [-0.15, -0.1) is 22.9 Å². The van der Waals surface area contributed by atoms with E-state index in [1.165, 1.54) is 11.3 Å². The van der Waals surface area contributed by atoms with Crippen molar-refractivity contribution in [2.24, 2.45) is 5.92 Å². The molecule has 1 aliphatic heterocycles. The quantitative estimate of drug-likeness (QED) is 0.795. The van der Waals surface area contributed by atoms with Crippen molar-refractivity contribution in [2.45, 2.75) is 30.5 Å². The first kappa shape index (κ1) is 15.8. The number of nitrogens with zero attached hydrogens (tertiary/aromatic N) is 1. The molecule has 0 spiro atoms. The number of hydrogen-bond donors (Lipinski definition) is 0. The lowest BCUT2D eigenvalue weighted by Gasteiger charge is -2.35. The van der Waals surface area contributed by atoms with E-state index in [1.54, 1.807) is 10.3 Å². The van der Waals surface area contributed by atoms with Gasteiger partial charge in [-0.3, -0.25) is 4.79 Å². The summed E-state index contributed by atoms with van der Waals surface area (Å²) in [6.07, 6.45) is 0.446. The van der Waals surface area contributed by atoms with Gasteiger partial charge in [0, 0.05) is 12.1 Å². The highest BCUT2D eigenvalue weighted by Gasteiger charge is 2.36. The molecule has 7 heteroatoms. The Balaban J connectivity index is 2.39. The molecule has 112 valence electrons. The lowest BCUT2D eigenvalue weighted by atomic mass is 10.0. The molecule has 0 N–H and O–H groups in total. The van der Waals surface area contributed by atoms with Gasteiger partial charge in [-0.1, -0.05) is 13.8 Å². The Morgan fingerprint density at radius 3 is 2.85 bits per heavy atom. The van der Waals surface area contributed by atoms with E-state index in [-0.39, 0.29) is 23.6 Å². The number of sulfone groups is 1. The molecule has 0 bridgehead atoms. The summed E-state index contributed by atoms with van der Waals surface area (Å²) < 4.78 is 24.5. The van der Waals surface area contributed by atoms with Crippen molar-refractivity contribution in [3.63, 3.8) is 0 Å². The average Bonchev–Trinajstić information content (AvgIpc) is 2.86. The number of halogens is 1. The fourth-order valence-electron chi connectivity index (χ4n) is 2.52. The van der Waals surface area contributed by atoms with Crippen LogP contribution in [0.3, 0.4) is 0 Å². The van der Waals surface area contributed by atoms with Crippen molar-refractivity contribution < 1.29 is 13.2 Å².